The molecule has 4 heterocycles. The highest BCUT2D eigenvalue weighted by molar-refractivity contribution is 6.00. The van der Waals surface area contributed by atoms with E-state index in [1.54, 1.807) is 17.6 Å². The number of carbonyl (C=O) groups is 2. The smallest absolute Gasteiger partial charge is 0.165 e. The second-order valence-electron chi connectivity index (χ2n) is 9.78. The van der Waals surface area contributed by atoms with Gasteiger partial charge in [0.2, 0.25) is 0 Å². The molecule has 3 aliphatic rings. The Hall–Kier alpha value is -2.80. The van der Waals surface area contributed by atoms with Crippen LogP contribution in [0.3, 0.4) is 0 Å². The molecule has 0 saturated carbocycles. The predicted octanol–water partition coefficient (Wildman–Crippen LogP) is 4.38. The SMILES string of the molecule is CCC(=O)C1=CC=C(c2cnn3c(N)c(C(C)=O)c(C4CC5CCC(C4)N5)nc23)CCCC1. The van der Waals surface area contributed by atoms with Gasteiger partial charge < -0.3 is 11.1 Å². The topological polar surface area (TPSA) is 102 Å². The molecule has 33 heavy (non-hydrogen) atoms. The summed E-state index contributed by atoms with van der Waals surface area (Å²) in [6.45, 7) is 3.48. The number of carbonyl (C=O) groups excluding carboxylic acids is 2. The molecule has 2 aromatic rings. The van der Waals surface area contributed by atoms with Crippen molar-refractivity contribution in [3.8, 4) is 0 Å². The number of hydrogen-bond acceptors (Lipinski definition) is 6. The van der Waals surface area contributed by atoms with E-state index in [1.165, 1.54) is 12.8 Å². The molecule has 0 aromatic carbocycles. The Labute approximate surface area is 194 Å². The van der Waals surface area contributed by atoms with Gasteiger partial charge in [-0.2, -0.15) is 9.61 Å². The molecule has 5 rings (SSSR count). The number of nitrogens with zero attached hydrogens (tertiary/aromatic N) is 3. The lowest BCUT2D eigenvalue weighted by Crippen LogP contribution is -2.38. The molecule has 3 N–H and O–H groups in total. The molecule has 2 aromatic heterocycles. The summed E-state index contributed by atoms with van der Waals surface area (Å²) >= 11 is 0. The predicted molar refractivity (Wildman–Crippen MR) is 129 cm³/mol. The van der Waals surface area contributed by atoms with Crippen molar-refractivity contribution in [2.24, 2.45) is 0 Å². The molecule has 7 heteroatoms. The van der Waals surface area contributed by atoms with Crippen LogP contribution in [-0.4, -0.2) is 38.2 Å². The van der Waals surface area contributed by atoms with Gasteiger partial charge in [-0.25, -0.2) is 4.98 Å². The van der Waals surface area contributed by atoms with Crippen LogP contribution in [-0.2, 0) is 4.79 Å². The van der Waals surface area contributed by atoms with E-state index in [1.807, 2.05) is 13.0 Å². The Bertz CT molecular complexity index is 1160. The minimum absolute atomic E-state index is 0.0596. The van der Waals surface area contributed by atoms with Crippen LogP contribution in [0.1, 0.15) is 99.2 Å². The number of Topliss-reactive ketones (excluding diaryl/α,β-unsaturated/α-hetero) is 2. The van der Waals surface area contributed by atoms with Gasteiger partial charge in [0.1, 0.15) is 5.82 Å². The van der Waals surface area contributed by atoms with Crippen molar-refractivity contribution in [1.29, 1.82) is 0 Å². The number of rotatable bonds is 5. The molecule has 2 bridgehead atoms. The van der Waals surface area contributed by atoms with Crippen LogP contribution in [0.5, 0.6) is 0 Å². The monoisotopic (exact) mass is 447 g/mol. The van der Waals surface area contributed by atoms with Crippen molar-refractivity contribution in [3.63, 3.8) is 0 Å². The quantitative estimate of drug-likeness (QED) is 0.660. The van der Waals surface area contributed by atoms with Crippen LogP contribution in [0.25, 0.3) is 11.2 Å². The first-order valence-electron chi connectivity index (χ1n) is 12.3. The minimum atomic E-state index is -0.0596. The average Bonchev–Trinajstić information content (AvgIpc) is 3.35. The van der Waals surface area contributed by atoms with Gasteiger partial charge in [0.15, 0.2) is 17.2 Å². The van der Waals surface area contributed by atoms with E-state index in [-0.39, 0.29) is 17.5 Å². The number of ketones is 2. The number of piperidine rings is 1. The highest BCUT2D eigenvalue weighted by Gasteiger charge is 2.37. The van der Waals surface area contributed by atoms with Crippen LogP contribution < -0.4 is 11.1 Å². The highest BCUT2D eigenvalue weighted by Crippen LogP contribution is 2.40. The molecule has 2 saturated heterocycles. The summed E-state index contributed by atoms with van der Waals surface area (Å²) in [6, 6.07) is 0.982. The first kappa shape index (κ1) is 22.0. The zero-order chi connectivity index (χ0) is 23.1. The summed E-state index contributed by atoms with van der Waals surface area (Å²) in [4.78, 5) is 30.0. The van der Waals surface area contributed by atoms with Crippen molar-refractivity contribution in [3.05, 3.63) is 40.7 Å². The minimum Gasteiger partial charge on any atom is -0.383 e. The average molecular weight is 448 g/mol. The number of hydrogen-bond donors (Lipinski definition) is 2. The van der Waals surface area contributed by atoms with Gasteiger partial charge in [0.05, 0.1) is 17.5 Å². The highest BCUT2D eigenvalue weighted by atomic mass is 16.1. The van der Waals surface area contributed by atoms with Gasteiger partial charge in [-0.3, -0.25) is 9.59 Å². The maximum atomic E-state index is 12.6. The summed E-state index contributed by atoms with van der Waals surface area (Å²) in [5.41, 5.74) is 11.5. The molecule has 1 aliphatic carbocycles. The van der Waals surface area contributed by atoms with E-state index >= 15 is 0 Å². The third kappa shape index (κ3) is 4.03. The molecule has 7 nitrogen and oxygen atoms in total. The standard InChI is InChI=1S/C26H33N5O2/c1-3-22(33)17-7-5-4-6-16(8-9-17)21-14-28-31-25(27)23(15(2)32)24(30-26(21)31)18-12-19-10-11-20(13-18)29-19/h8-9,14,18-20,29H,3-7,10-13,27H2,1-2H3. The maximum Gasteiger partial charge on any atom is 0.165 e. The van der Waals surface area contributed by atoms with Crippen LogP contribution in [0.4, 0.5) is 5.82 Å². The summed E-state index contributed by atoms with van der Waals surface area (Å²) in [6.07, 6.45) is 14.4. The fourth-order valence-corrected chi connectivity index (χ4v) is 5.88. The third-order valence-corrected chi connectivity index (χ3v) is 7.58. The molecular formula is C26H33N5O2. The summed E-state index contributed by atoms with van der Waals surface area (Å²) in [7, 11) is 0. The first-order valence-corrected chi connectivity index (χ1v) is 12.3. The van der Waals surface area contributed by atoms with E-state index in [0.29, 0.717) is 35.5 Å². The summed E-state index contributed by atoms with van der Waals surface area (Å²) < 4.78 is 1.62. The normalized spacial score (nSPS) is 25.3. The fourth-order valence-electron chi connectivity index (χ4n) is 5.88. The maximum absolute atomic E-state index is 12.6. The molecule has 0 spiro atoms. The number of fused-ring (bicyclic) bond motifs is 3. The summed E-state index contributed by atoms with van der Waals surface area (Å²) in [5.74, 6) is 0.750. The van der Waals surface area contributed by atoms with Gasteiger partial charge in [0, 0.05) is 30.0 Å². The zero-order valence-corrected chi connectivity index (χ0v) is 19.6. The number of nitrogens with two attached hydrogens (primary N) is 1. The fraction of sp³-hybridized carbons (Fsp3) is 0.538. The first-order chi connectivity index (χ1) is 16.0. The van der Waals surface area contributed by atoms with Crippen molar-refractivity contribution < 1.29 is 9.59 Å². The van der Waals surface area contributed by atoms with Crippen molar-refractivity contribution in [2.75, 3.05) is 5.73 Å². The Morgan fingerprint density at radius 2 is 1.88 bits per heavy atom. The summed E-state index contributed by atoms with van der Waals surface area (Å²) in [5, 5.41) is 8.20. The van der Waals surface area contributed by atoms with Gasteiger partial charge in [-0.05, 0) is 69.4 Å². The van der Waals surface area contributed by atoms with Crippen LogP contribution in [0, 0.1) is 0 Å². The van der Waals surface area contributed by atoms with Crippen molar-refractivity contribution >= 4 is 28.6 Å². The van der Waals surface area contributed by atoms with Gasteiger partial charge >= 0.3 is 0 Å². The lowest BCUT2D eigenvalue weighted by atomic mass is 9.86. The van der Waals surface area contributed by atoms with Gasteiger partial charge in [0.25, 0.3) is 0 Å². The number of allylic oxidation sites excluding steroid dienone is 4. The van der Waals surface area contributed by atoms with Crippen LogP contribution >= 0.6 is 0 Å². The van der Waals surface area contributed by atoms with E-state index in [0.717, 1.165) is 60.9 Å². The molecule has 2 unspecified atom stereocenters. The number of aromatic nitrogens is 3. The van der Waals surface area contributed by atoms with Gasteiger partial charge in [-0.1, -0.05) is 19.1 Å². The molecule has 2 fully saturated rings. The third-order valence-electron chi connectivity index (χ3n) is 7.58. The number of anilines is 1. The van der Waals surface area contributed by atoms with Crippen molar-refractivity contribution in [2.45, 2.75) is 89.6 Å². The Morgan fingerprint density at radius 1 is 1.15 bits per heavy atom. The second kappa shape index (κ2) is 8.86. The molecular weight excluding hydrogens is 414 g/mol. The van der Waals surface area contributed by atoms with Crippen LogP contribution in [0.2, 0.25) is 0 Å². The molecule has 174 valence electrons. The molecule has 0 radical (unpaired) electrons. The Kier molecular flexibility index (Phi) is 5.91. The zero-order valence-electron chi connectivity index (χ0n) is 19.6. The van der Waals surface area contributed by atoms with E-state index in [4.69, 9.17) is 10.7 Å². The van der Waals surface area contributed by atoms with Gasteiger partial charge in [-0.15, -0.1) is 0 Å². The van der Waals surface area contributed by atoms with Crippen molar-refractivity contribution in [1.82, 2.24) is 19.9 Å². The lowest BCUT2D eigenvalue weighted by molar-refractivity contribution is -0.115. The largest absolute Gasteiger partial charge is 0.383 e. The van der Waals surface area contributed by atoms with E-state index in [2.05, 4.69) is 16.5 Å². The van der Waals surface area contributed by atoms with E-state index in [9.17, 15) is 9.59 Å². The lowest BCUT2D eigenvalue weighted by Gasteiger charge is -2.30. The van der Waals surface area contributed by atoms with Crippen LogP contribution in [0.15, 0.2) is 23.9 Å². The number of nitrogen functional groups attached to an aromatic ring is 1. The molecule has 0 amide bonds. The molecule has 2 aliphatic heterocycles. The Balaban J connectivity index is 1.62. The second-order valence-corrected chi connectivity index (χ2v) is 9.78. The molecule has 2 atom stereocenters. The van der Waals surface area contributed by atoms with E-state index < -0.39 is 0 Å². The Morgan fingerprint density at radius 3 is 2.58 bits per heavy atom. The number of nitrogens with one attached hydrogen (secondary N) is 1.